The zero-order valence-electron chi connectivity index (χ0n) is 9.40. The molecule has 0 saturated carbocycles. The van der Waals surface area contributed by atoms with Crippen LogP contribution in [0.2, 0.25) is 0 Å². The highest BCUT2D eigenvalue weighted by Gasteiger charge is 2.23. The van der Waals surface area contributed by atoms with Crippen LogP contribution in [0.5, 0.6) is 0 Å². The lowest BCUT2D eigenvalue weighted by Crippen LogP contribution is -2.40. The van der Waals surface area contributed by atoms with Crippen molar-refractivity contribution in [3.63, 3.8) is 0 Å². The average Bonchev–Trinajstić information content (AvgIpc) is 2.74. The van der Waals surface area contributed by atoms with Gasteiger partial charge in [-0.2, -0.15) is 11.8 Å². The highest BCUT2D eigenvalue weighted by molar-refractivity contribution is 7.99. The van der Waals surface area contributed by atoms with Crippen molar-refractivity contribution in [3.8, 4) is 0 Å². The van der Waals surface area contributed by atoms with Gasteiger partial charge in [-0.25, -0.2) is 0 Å². The molecule has 1 aromatic heterocycles. The molecule has 2 rings (SSSR count). The lowest BCUT2D eigenvalue weighted by molar-refractivity contribution is 0.368. The van der Waals surface area contributed by atoms with Gasteiger partial charge in [-0.15, -0.1) is 0 Å². The molecule has 0 bridgehead atoms. The van der Waals surface area contributed by atoms with E-state index in [4.69, 9.17) is 4.42 Å². The highest BCUT2D eigenvalue weighted by Crippen LogP contribution is 2.27. The molecule has 1 N–H and O–H groups in total. The lowest BCUT2D eigenvalue weighted by Gasteiger charge is -2.31. The first kappa shape index (κ1) is 11.1. The summed E-state index contributed by atoms with van der Waals surface area (Å²) in [5, 5.41) is 4.38. The number of hydrogen-bond donors (Lipinski definition) is 1. The second-order valence-corrected chi connectivity index (χ2v) is 5.71. The fourth-order valence-electron chi connectivity index (χ4n) is 2.08. The quantitative estimate of drug-likeness (QED) is 0.855. The van der Waals surface area contributed by atoms with Crippen LogP contribution in [0.25, 0.3) is 0 Å². The van der Waals surface area contributed by atoms with Crippen molar-refractivity contribution in [1.82, 2.24) is 5.32 Å². The third-order valence-corrected chi connectivity index (χ3v) is 4.42. The van der Waals surface area contributed by atoms with Gasteiger partial charge < -0.3 is 9.73 Å². The van der Waals surface area contributed by atoms with Crippen LogP contribution in [0.3, 0.4) is 0 Å². The van der Waals surface area contributed by atoms with Crippen molar-refractivity contribution in [1.29, 1.82) is 0 Å². The Bertz CT molecular complexity index is 286. The average molecular weight is 225 g/mol. The van der Waals surface area contributed by atoms with Gasteiger partial charge in [0.05, 0.1) is 12.3 Å². The Morgan fingerprint density at radius 3 is 3.13 bits per heavy atom. The third-order valence-electron chi connectivity index (χ3n) is 3.04. The SMILES string of the molecule is CC1SCCCC1N[C@@H](C)c1ccco1. The van der Waals surface area contributed by atoms with Crippen molar-refractivity contribution in [2.45, 2.75) is 44.0 Å². The summed E-state index contributed by atoms with van der Waals surface area (Å²) in [6.45, 7) is 4.49. The molecule has 3 atom stereocenters. The van der Waals surface area contributed by atoms with Gasteiger partial charge in [0, 0.05) is 11.3 Å². The van der Waals surface area contributed by atoms with E-state index >= 15 is 0 Å². The summed E-state index contributed by atoms with van der Waals surface area (Å²) in [5.41, 5.74) is 0. The molecule has 1 saturated heterocycles. The van der Waals surface area contributed by atoms with E-state index in [9.17, 15) is 0 Å². The number of hydrogen-bond acceptors (Lipinski definition) is 3. The van der Waals surface area contributed by atoms with Crippen molar-refractivity contribution in [2.75, 3.05) is 5.75 Å². The highest BCUT2D eigenvalue weighted by atomic mass is 32.2. The molecule has 2 unspecified atom stereocenters. The molecule has 1 aromatic rings. The van der Waals surface area contributed by atoms with Gasteiger partial charge in [0.2, 0.25) is 0 Å². The Balaban J connectivity index is 1.90. The summed E-state index contributed by atoms with van der Waals surface area (Å²) in [5.74, 6) is 2.35. The largest absolute Gasteiger partial charge is 0.468 e. The van der Waals surface area contributed by atoms with Crippen LogP contribution in [0, 0.1) is 0 Å². The summed E-state index contributed by atoms with van der Waals surface area (Å²) < 4.78 is 5.40. The van der Waals surface area contributed by atoms with Crippen LogP contribution in [-0.2, 0) is 0 Å². The summed E-state index contributed by atoms with van der Waals surface area (Å²) in [7, 11) is 0. The van der Waals surface area contributed by atoms with E-state index in [-0.39, 0.29) is 0 Å². The minimum Gasteiger partial charge on any atom is -0.468 e. The third kappa shape index (κ3) is 2.79. The fourth-order valence-corrected chi connectivity index (χ4v) is 3.24. The molecule has 0 aliphatic carbocycles. The number of thioether (sulfide) groups is 1. The van der Waals surface area contributed by atoms with Gasteiger partial charge in [-0.3, -0.25) is 0 Å². The molecule has 1 aliphatic heterocycles. The zero-order chi connectivity index (χ0) is 10.7. The molecular weight excluding hydrogens is 206 g/mol. The summed E-state index contributed by atoms with van der Waals surface area (Å²) in [6, 6.07) is 4.94. The summed E-state index contributed by atoms with van der Waals surface area (Å²) in [6.07, 6.45) is 4.36. The maximum absolute atomic E-state index is 5.40. The topological polar surface area (TPSA) is 25.2 Å². The first-order valence-electron chi connectivity index (χ1n) is 5.68. The van der Waals surface area contributed by atoms with E-state index < -0.39 is 0 Å². The molecule has 1 aliphatic rings. The Morgan fingerprint density at radius 2 is 2.47 bits per heavy atom. The minimum absolute atomic E-state index is 0.325. The molecule has 1 fully saturated rings. The molecule has 0 aromatic carbocycles. The number of furan rings is 1. The van der Waals surface area contributed by atoms with Gasteiger partial charge in [-0.05, 0) is 37.7 Å². The first-order chi connectivity index (χ1) is 7.27. The van der Waals surface area contributed by atoms with E-state index in [0.717, 1.165) is 11.0 Å². The predicted octanol–water partition coefficient (Wildman–Crippen LogP) is 3.21. The van der Waals surface area contributed by atoms with Crippen LogP contribution in [-0.4, -0.2) is 17.0 Å². The van der Waals surface area contributed by atoms with Crippen molar-refractivity contribution >= 4 is 11.8 Å². The Labute approximate surface area is 95.8 Å². The second kappa shape index (κ2) is 5.08. The van der Waals surface area contributed by atoms with E-state index in [0.29, 0.717) is 12.1 Å². The van der Waals surface area contributed by atoms with Crippen molar-refractivity contribution in [3.05, 3.63) is 24.2 Å². The lowest BCUT2D eigenvalue weighted by atomic mass is 10.1. The van der Waals surface area contributed by atoms with Crippen molar-refractivity contribution < 1.29 is 4.42 Å². The standard InChI is InChI=1S/C12H19NOS/c1-9(12-6-3-7-14-12)13-11-5-4-8-15-10(11)2/h3,6-7,9-11,13H,4-5,8H2,1-2H3/t9-,10?,11?/m0/s1. The first-order valence-corrected chi connectivity index (χ1v) is 6.73. The summed E-state index contributed by atoms with van der Waals surface area (Å²) in [4.78, 5) is 0. The van der Waals surface area contributed by atoms with E-state index in [1.54, 1.807) is 6.26 Å². The molecule has 2 heterocycles. The Morgan fingerprint density at radius 1 is 1.60 bits per heavy atom. The predicted molar refractivity (Wildman–Crippen MR) is 65.2 cm³/mol. The maximum atomic E-state index is 5.40. The maximum Gasteiger partial charge on any atom is 0.120 e. The molecule has 2 nitrogen and oxygen atoms in total. The molecular formula is C12H19NOS. The van der Waals surface area contributed by atoms with E-state index in [2.05, 4.69) is 30.9 Å². The van der Waals surface area contributed by atoms with Crippen LogP contribution in [0.4, 0.5) is 0 Å². The normalized spacial score (nSPS) is 28.9. The zero-order valence-corrected chi connectivity index (χ0v) is 10.2. The van der Waals surface area contributed by atoms with Crippen LogP contribution in [0.1, 0.15) is 38.5 Å². The second-order valence-electron chi connectivity index (χ2n) is 4.23. The Hall–Kier alpha value is -0.410. The van der Waals surface area contributed by atoms with E-state index in [1.807, 2.05) is 12.1 Å². The molecule has 0 radical (unpaired) electrons. The molecule has 0 amide bonds. The number of rotatable bonds is 3. The Kier molecular flexibility index (Phi) is 3.76. The molecule has 84 valence electrons. The van der Waals surface area contributed by atoms with Crippen LogP contribution >= 0.6 is 11.8 Å². The summed E-state index contributed by atoms with van der Waals surface area (Å²) >= 11 is 2.07. The van der Waals surface area contributed by atoms with Gasteiger partial charge in [0.1, 0.15) is 5.76 Å². The van der Waals surface area contributed by atoms with Crippen LogP contribution in [0.15, 0.2) is 22.8 Å². The monoisotopic (exact) mass is 225 g/mol. The van der Waals surface area contributed by atoms with Crippen molar-refractivity contribution in [2.24, 2.45) is 0 Å². The van der Waals surface area contributed by atoms with Gasteiger partial charge >= 0.3 is 0 Å². The van der Waals surface area contributed by atoms with Gasteiger partial charge in [-0.1, -0.05) is 6.92 Å². The minimum atomic E-state index is 0.325. The number of nitrogens with one attached hydrogen (secondary N) is 1. The smallest absolute Gasteiger partial charge is 0.120 e. The van der Waals surface area contributed by atoms with Crippen LogP contribution < -0.4 is 5.32 Å². The van der Waals surface area contributed by atoms with E-state index in [1.165, 1.54) is 18.6 Å². The molecule has 0 spiro atoms. The fraction of sp³-hybridized carbons (Fsp3) is 0.667. The van der Waals surface area contributed by atoms with Gasteiger partial charge in [0.25, 0.3) is 0 Å². The molecule has 3 heteroatoms. The van der Waals surface area contributed by atoms with Gasteiger partial charge in [0.15, 0.2) is 0 Å². The molecule has 15 heavy (non-hydrogen) atoms.